The summed E-state index contributed by atoms with van der Waals surface area (Å²) in [5.74, 6) is 2.78. The van der Waals surface area contributed by atoms with Crippen molar-refractivity contribution in [2.24, 2.45) is 53.1 Å². The molecule has 43 heteroatoms. The summed E-state index contributed by atoms with van der Waals surface area (Å²) >= 11 is 0. The first-order valence-corrected chi connectivity index (χ1v) is 50.7. The number of rotatable bonds is 35. The summed E-state index contributed by atoms with van der Waals surface area (Å²) in [7, 11) is -1.76. The Hall–Kier alpha value is -11.0. The van der Waals surface area contributed by atoms with Crippen LogP contribution in [0, 0.1) is 111 Å². The van der Waals surface area contributed by atoms with Gasteiger partial charge in [0.25, 0.3) is 23.2 Å². The molecule has 0 atom stereocenters. The number of nitro groups is 2. The third kappa shape index (κ3) is 36.8. The summed E-state index contributed by atoms with van der Waals surface area (Å²) in [5.41, 5.74) is 28.8. The fraction of sp³-hybridized carbons (Fsp3) is 0.464. The number of aromatic amines is 3. The number of imide groups is 1. The zero-order valence-corrected chi connectivity index (χ0v) is 86.9. The molecule has 0 spiro atoms. The van der Waals surface area contributed by atoms with Gasteiger partial charge in [-0.05, 0) is 257 Å². The molecule has 15 rings (SSSR count). The van der Waals surface area contributed by atoms with Gasteiger partial charge in [-0.2, -0.15) is 0 Å². The van der Waals surface area contributed by atoms with Gasteiger partial charge in [-0.1, -0.05) is 67.4 Å². The zero-order chi connectivity index (χ0) is 98.7. The number of esters is 2. The molecule has 4 amide bonds. The van der Waals surface area contributed by atoms with Crippen molar-refractivity contribution < 1.29 is 139 Å². The molecule has 18 N–H and O–H groups in total. The summed E-state index contributed by atoms with van der Waals surface area (Å²) in [6.45, 7) is 8.26. The van der Waals surface area contributed by atoms with E-state index in [0.29, 0.717) is 116 Å². The maximum Gasteiger partial charge on any atom is 0.308 e. The number of aliphatic carboxylic acids is 1. The molecule has 3 aromatic heterocycles. The number of nitrogens with one attached hydrogen (secondary N) is 7. The standard InChI is InChI=1S/C28H39N5O3S.C22H23FN4O3.C17H23N3O4.C13H14ClNO4S.C11H18O4.C6H7N3O2.H3N.U.V/c1-20-7-3-4-8-23(20)19-30-28(34)22-11-9-21(10-12-22)17-27-31-25-14-13-24(18-26(25)32-27)33-37(35,36)16-6-2-5-15-29;23-18-4-2-1-3-16(18)13-24-22(28)15-7-5-14(6-8-15)11-21-25-19-10-9-17(27(29)30)12-20(19)26-21;1-2-23-17(21)12-5-3-11(4-6-12)9-16-18-14-8-7-13(20-24-22)10-15(14)19-16;14-20(18,19)9-5-1-4-8-15-12(16)10-6-2-3-7-11(10)13(15)17;1-2-15-11(14)9-5-3-8(4-6-9)7-10(12)13;7-5-2-1-4(9(10)11)3-6(5)8;;;/h3-4,7-8,13-14,18,21-22,33H,2,5-6,9-12,15-17,19,29H2,1H3,(H,30,34)(H,31,32);1-4,9-10,12,14-15H,5-8,11,13H2,(H,24,28)(H,25,26);7-8,10-12,20,22H,2-6,9H2,1H3,(H,18,19);2-3,6-7H,1,4-5,8-9H2;8-9H,2-7H2,1H3,(H,12,13);1-3H,7-8H2;1H3;;. The van der Waals surface area contributed by atoms with Gasteiger partial charge < -0.3 is 63.5 Å². The van der Waals surface area contributed by atoms with Crippen LogP contribution in [-0.4, -0.2) is 151 Å². The minimum absolute atomic E-state index is 0. The fourth-order valence-corrected chi connectivity index (χ4v) is 19.6. The Bertz CT molecular complexity index is 5980. The van der Waals surface area contributed by atoms with Crippen LogP contribution in [0.2, 0.25) is 0 Å². The maximum atomic E-state index is 13.7. The normalized spacial score (nSPS) is 18.1. The van der Waals surface area contributed by atoms with Gasteiger partial charge in [0.15, 0.2) is 0 Å². The van der Waals surface area contributed by atoms with Gasteiger partial charge in [0.1, 0.15) is 23.3 Å². The summed E-state index contributed by atoms with van der Waals surface area (Å²) in [5, 5.41) is 44.1. The number of anilines is 4. The number of aryl methyl sites for hydroxylation is 1. The van der Waals surface area contributed by atoms with E-state index in [-0.39, 0.29) is 168 Å². The quantitative estimate of drug-likeness (QED) is 0.00256. The number of unbranched alkanes of at least 4 members (excludes halogenated alkanes) is 4. The first-order valence-electron chi connectivity index (χ1n) is 46.6. The number of non-ortho nitro benzene ring substituents is 2. The van der Waals surface area contributed by atoms with Crippen molar-refractivity contribution in [1.82, 2.24) is 51.6 Å². The molecule has 5 aliphatic rings. The van der Waals surface area contributed by atoms with Gasteiger partial charge in [-0.25, -0.2) is 46.9 Å². The minimum atomic E-state index is -3.46. The van der Waals surface area contributed by atoms with Crippen molar-refractivity contribution in [3.63, 3.8) is 0 Å². The molecular weight excluding hydrogens is 2130 g/mol. The number of nitrogens with zero attached hydrogens (tertiary/aromatic N) is 6. The zero-order valence-electron chi connectivity index (χ0n) is 78.9. The average molecular weight is 2260 g/mol. The number of nitrogens with two attached hydrogens (primary N) is 3. The summed E-state index contributed by atoms with van der Waals surface area (Å²) in [6, 6.07) is 40.8. The second kappa shape index (κ2) is 57.8. The first kappa shape index (κ1) is 116. The van der Waals surface area contributed by atoms with Crippen molar-refractivity contribution in [2.45, 2.75) is 201 Å². The molecule has 140 heavy (non-hydrogen) atoms. The van der Waals surface area contributed by atoms with E-state index in [0.717, 1.165) is 185 Å². The van der Waals surface area contributed by atoms with E-state index in [1.165, 1.54) is 46.9 Å². The van der Waals surface area contributed by atoms with Crippen LogP contribution in [0.25, 0.3) is 33.1 Å². The molecule has 7 aromatic carbocycles. The number of amides is 4. The average Bonchev–Trinajstić information content (AvgIpc) is 1.64. The number of carboxylic acids is 1. The van der Waals surface area contributed by atoms with E-state index >= 15 is 0 Å². The number of imidazole rings is 3. The van der Waals surface area contributed by atoms with Crippen molar-refractivity contribution in [3.8, 4) is 0 Å². The van der Waals surface area contributed by atoms with Crippen LogP contribution in [-0.2, 0) is 108 Å². The smallest absolute Gasteiger partial charge is 0.308 e. The SMILES string of the molecule is CCOC(=O)C1CCC(CC(=O)O)CC1.CCOC(=O)C1CCC(Cc2nc3ccc(NOO)cc3[nH]2)CC1.Cc1ccccc1CNC(=O)C1CCC(Cc2nc3ccc(NS(=O)(=O)CCCCCN)cc3[nH]2)CC1.N.Nc1ccc([N+](=O)[O-])cc1N.O=C(NCc1ccccc1F)C1CCC(Cc2nc3ccc([N+](=O)[O-])cc3[nH]2)CC1.O=C1c2ccccc2C(=O)N1CCCCCS(=O)(=O)Cl.[U].[V]. The number of carbonyl (C=O) groups is 7. The van der Waals surface area contributed by atoms with E-state index in [4.69, 9.17) is 52.7 Å². The topological polar surface area (TPSA) is 593 Å². The molecule has 10 aromatic rings. The third-order valence-electron chi connectivity index (χ3n) is 25.2. The number of ether oxygens (including phenoxy) is 2. The largest absolute Gasteiger partial charge is 0.481 e. The number of hydrogen-bond donors (Lipinski definition) is 13. The van der Waals surface area contributed by atoms with Gasteiger partial charge in [-0.3, -0.25) is 63.4 Å². The van der Waals surface area contributed by atoms with Crippen molar-refractivity contribution in [2.75, 3.05) is 59.5 Å². The number of fused-ring (bicyclic) bond motifs is 4. The Morgan fingerprint density at radius 2 is 0.950 bits per heavy atom. The Labute approximate surface area is 853 Å². The van der Waals surface area contributed by atoms with Gasteiger partial charge in [-0.15, -0.1) is 4.99 Å². The van der Waals surface area contributed by atoms with E-state index in [1.54, 1.807) is 73.7 Å². The van der Waals surface area contributed by atoms with Crippen molar-refractivity contribution >= 4 is 139 Å². The molecule has 4 saturated carbocycles. The van der Waals surface area contributed by atoms with Crippen molar-refractivity contribution in [3.05, 3.63) is 217 Å². The maximum absolute atomic E-state index is 13.7. The Balaban J connectivity index is 0.000000236. The second-order valence-corrected chi connectivity index (χ2v) is 39.9. The molecule has 37 nitrogen and oxygen atoms in total. The number of carbonyl (C=O) groups excluding carboxylic acids is 6. The van der Waals surface area contributed by atoms with Crippen LogP contribution >= 0.6 is 10.7 Å². The molecule has 0 bridgehead atoms. The Morgan fingerprint density at radius 1 is 0.536 bits per heavy atom. The molecule has 755 valence electrons. The number of benzene rings is 7. The number of carboxylic acid groups (broad SMARTS) is 1. The molecular formula is C97H127ClFN17O20S2UV. The monoisotopic (exact) mass is 2260 g/mol. The summed E-state index contributed by atoms with van der Waals surface area (Å²) in [4.78, 5) is 132. The van der Waals surface area contributed by atoms with Crippen LogP contribution in [0.15, 0.2) is 146 Å². The van der Waals surface area contributed by atoms with E-state index < -0.39 is 34.9 Å². The molecule has 1 aliphatic heterocycles. The number of nitro benzene ring substituents is 2. The van der Waals surface area contributed by atoms with Gasteiger partial charge in [0.05, 0.1) is 113 Å². The van der Waals surface area contributed by atoms with Gasteiger partial charge in [0.2, 0.25) is 30.9 Å². The number of halogens is 2. The fourth-order valence-electron chi connectivity index (χ4n) is 17.6. The molecule has 0 unspecified atom stereocenters. The predicted octanol–water partition coefficient (Wildman–Crippen LogP) is 16.7. The molecule has 4 fully saturated rings. The number of sulfonamides is 1. The first-order chi connectivity index (χ1) is 65.6. The van der Waals surface area contributed by atoms with E-state index in [2.05, 4.69) is 69.8 Å². The number of hydrogen-bond acceptors (Lipinski definition) is 27. The summed E-state index contributed by atoms with van der Waals surface area (Å²) in [6.07, 6.45) is 20.7. The molecule has 4 heterocycles. The predicted molar refractivity (Wildman–Crippen MR) is 525 cm³/mol. The number of aromatic nitrogens is 6. The third-order valence-corrected chi connectivity index (χ3v) is 27.8. The van der Waals surface area contributed by atoms with Gasteiger partial charge in [0, 0.05) is 147 Å². The van der Waals surface area contributed by atoms with Crippen LogP contribution < -0.4 is 44.2 Å². The number of H-pyrrole nitrogens is 3. The van der Waals surface area contributed by atoms with E-state index in [9.17, 15) is 75.0 Å². The van der Waals surface area contributed by atoms with E-state index in [1.807, 2.05) is 37.3 Å². The van der Waals surface area contributed by atoms with Crippen LogP contribution in [0.3, 0.4) is 0 Å². The van der Waals surface area contributed by atoms with Crippen LogP contribution in [0.1, 0.15) is 216 Å². The Morgan fingerprint density at radius 3 is 1.41 bits per heavy atom. The minimum Gasteiger partial charge on any atom is -0.481 e. The second-order valence-electron chi connectivity index (χ2n) is 35.2. The number of nitrogen functional groups attached to an aromatic ring is 2. The molecule has 4 aliphatic carbocycles. The molecule has 1 radical (unpaired) electrons. The summed E-state index contributed by atoms with van der Waals surface area (Å²) < 4.78 is 72.7. The Kier molecular flexibility index (Phi) is 47.9. The van der Waals surface area contributed by atoms with Crippen LogP contribution in [0.5, 0.6) is 0 Å². The van der Waals surface area contributed by atoms with Crippen molar-refractivity contribution in [1.29, 1.82) is 0 Å². The van der Waals surface area contributed by atoms with Gasteiger partial charge >= 0.3 is 17.9 Å². The molecule has 0 saturated heterocycles. The van der Waals surface area contributed by atoms with Crippen LogP contribution in [0.4, 0.5) is 38.5 Å².